The molecule has 4 heteroatoms. The van der Waals surface area contributed by atoms with E-state index in [2.05, 4.69) is 5.32 Å². The summed E-state index contributed by atoms with van der Waals surface area (Å²) >= 11 is 1.60. The monoisotopic (exact) mass is 253 g/mol. The van der Waals surface area contributed by atoms with Crippen LogP contribution >= 0.6 is 11.3 Å². The first kappa shape index (κ1) is 12.0. The lowest BCUT2D eigenvalue weighted by Gasteiger charge is -2.16. The maximum absolute atomic E-state index is 12.5. The summed E-state index contributed by atoms with van der Waals surface area (Å²) in [5, 5.41) is 4.83. The number of nitrogens with one attached hydrogen (secondary N) is 1. The van der Waals surface area contributed by atoms with E-state index >= 15 is 0 Å². The standard InChI is InChI=1S/C13H13F2NS/c1-9(13(14)15)16-11-6-3-2-5-10(11)12-7-4-8-17-12/h2-9,13,16H,1H3. The minimum atomic E-state index is -2.37. The van der Waals surface area contributed by atoms with Gasteiger partial charge in [-0.15, -0.1) is 11.3 Å². The number of benzene rings is 1. The number of alkyl halides is 2. The van der Waals surface area contributed by atoms with Crippen molar-refractivity contribution < 1.29 is 8.78 Å². The fourth-order valence-corrected chi connectivity index (χ4v) is 2.33. The highest BCUT2D eigenvalue weighted by molar-refractivity contribution is 7.13. The lowest BCUT2D eigenvalue weighted by molar-refractivity contribution is 0.131. The zero-order valence-corrected chi connectivity index (χ0v) is 10.2. The van der Waals surface area contributed by atoms with Gasteiger partial charge >= 0.3 is 0 Å². The van der Waals surface area contributed by atoms with E-state index in [1.165, 1.54) is 6.92 Å². The van der Waals surface area contributed by atoms with Gasteiger partial charge in [-0.2, -0.15) is 0 Å². The Bertz CT molecular complexity index is 468. The van der Waals surface area contributed by atoms with Crippen LogP contribution < -0.4 is 5.32 Å². The highest BCUT2D eigenvalue weighted by atomic mass is 32.1. The second-order valence-electron chi connectivity index (χ2n) is 3.79. The Balaban J connectivity index is 2.29. The molecule has 0 saturated heterocycles. The second kappa shape index (κ2) is 5.27. The average molecular weight is 253 g/mol. The fraction of sp³-hybridized carbons (Fsp3) is 0.231. The normalized spacial score (nSPS) is 12.7. The number of hydrogen-bond donors (Lipinski definition) is 1. The molecule has 0 aliphatic rings. The summed E-state index contributed by atoms with van der Waals surface area (Å²) in [5.41, 5.74) is 1.72. The van der Waals surface area contributed by atoms with Crippen LogP contribution in [0.25, 0.3) is 10.4 Å². The molecule has 1 heterocycles. The number of hydrogen-bond acceptors (Lipinski definition) is 2. The van der Waals surface area contributed by atoms with Gasteiger partial charge < -0.3 is 5.32 Å². The van der Waals surface area contributed by atoms with Gasteiger partial charge in [0.1, 0.15) is 0 Å². The van der Waals surface area contributed by atoms with E-state index in [1.807, 2.05) is 41.8 Å². The molecule has 1 unspecified atom stereocenters. The van der Waals surface area contributed by atoms with Crippen molar-refractivity contribution in [2.75, 3.05) is 5.32 Å². The van der Waals surface area contributed by atoms with Crippen LogP contribution in [0.3, 0.4) is 0 Å². The predicted octanol–water partition coefficient (Wildman–Crippen LogP) is 4.48. The lowest BCUT2D eigenvalue weighted by atomic mass is 10.1. The van der Waals surface area contributed by atoms with Crippen LogP contribution in [-0.2, 0) is 0 Å². The van der Waals surface area contributed by atoms with Crippen molar-refractivity contribution in [2.45, 2.75) is 19.4 Å². The van der Waals surface area contributed by atoms with Gasteiger partial charge in [0.25, 0.3) is 6.43 Å². The smallest absolute Gasteiger partial charge is 0.258 e. The van der Waals surface area contributed by atoms with Gasteiger partial charge in [-0.3, -0.25) is 0 Å². The van der Waals surface area contributed by atoms with Crippen molar-refractivity contribution in [3.05, 3.63) is 41.8 Å². The Morgan fingerprint density at radius 2 is 1.88 bits per heavy atom. The number of thiophene rings is 1. The zero-order chi connectivity index (χ0) is 12.3. The molecule has 90 valence electrons. The summed E-state index contributed by atoms with van der Waals surface area (Å²) in [5.74, 6) is 0. The molecule has 1 nitrogen and oxygen atoms in total. The van der Waals surface area contributed by atoms with Crippen LogP contribution in [0.5, 0.6) is 0 Å². The highest BCUT2D eigenvalue weighted by Gasteiger charge is 2.15. The Morgan fingerprint density at radius 1 is 1.12 bits per heavy atom. The highest BCUT2D eigenvalue weighted by Crippen LogP contribution is 2.31. The molecule has 0 aliphatic heterocycles. The van der Waals surface area contributed by atoms with E-state index in [4.69, 9.17) is 0 Å². The molecule has 0 radical (unpaired) electrons. The van der Waals surface area contributed by atoms with Crippen molar-refractivity contribution in [1.82, 2.24) is 0 Å². The third-order valence-electron chi connectivity index (χ3n) is 2.47. The van der Waals surface area contributed by atoms with E-state index in [1.54, 1.807) is 11.3 Å². The van der Waals surface area contributed by atoms with E-state index in [9.17, 15) is 8.78 Å². The van der Waals surface area contributed by atoms with Crippen molar-refractivity contribution >= 4 is 17.0 Å². The van der Waals surface area contributed by atoms with Gasteiger partial charge in [-0.05, 0) is 24.4 Å². The molecule has 0 aliphatic carbocycles. The van der Waals surface area contributed by atoms with Crippen molar-refractivity contribution in [3.63, 3.8) is 0 Å². The molecule has 1 aromatic carbocycles. The largest absolute Gasteiger partial charge is 0.376 e. The minimum Gasteiger partial charge on any atom is -0.376 e. The third kappa shape index (κ3) is 2.82. The predicted molar refractivity (Wildman–Crippen MR) is 68.8 cm³/mol. The molecular formula is C13H13F2NS. The molecule has 0 fully saturated rings. The Hall–Kier alpha value is -1.42. The molecule has 0 saturated carbocycles. The first-order valence-electron chi connectivity index (χ1n) is 5.36. The molecule has 0 amide bonds. The maximum atomic E-state index is 12.5. The van der Waals surface area contributed by atoms with Gasteiger partial charge in [0.15, 0.2) is 0 Å². The van der Waals surface area contributed by atoms with Crippen LogP contribution in [0.2, 0.25) is 0 Å². The zero-order valence-electron chi connectivity index (χ0n) is 9.36. The van der Waals surface area contributed by atoms with Gasteiger partial charge in [-0.1, -0.05) is 24.3 Å². The summed E-state index contributed by atoms with van der Waals surface area (Å²) < 4.78 is 25.1. The number of rotatable bonds is 4. The van der Waals surface area contributed by atoms with Crippen LogP contribution in [0, 0.1) is 0 Å². The van der Waals surface area contributed by atoms with Gasteiger partial charge in [-0.25, -0.2) is 8.78 Å². The lowest BCUT2D eigenvalue weighted by Crippen LogP contribution is -2.23. The molecule has 0 spiro atoms. The summed E-state index contributed by atoms with van der Waals surface area (Å²) in [6.45, 7) is 1.48. The molecule has 0 bridgehead atoms. The van der Waals surface area contributed by atoms with Crippen molar-refractivity contribution in [3.8, 4) is 10.4 Å². The quantitative estimate of drug-likeness (QED) is 0.847. The van der Waals surface area contributed by atoms with E-state index in [0.29, 0.717) is 0 Å². The Morgan fingerprint density at radius 3 is 2.53 bits per heavy atom. The van der Waals surface area contributed by atoms with Crippen molar-refractivity contribution in [1.29, 1.82) is 0 Å². The van der Waals surface area contributed by atoms with Gasteiger partial charge in [0.2, 0.25) is 0 Å². The fourth-order valence-electron chi connectivity index (χ4n) is 1.56. The van der Waals surface area contributed by atoms with Gasteiger partial charge in [0, 0.05) is 16.1 Å². The third-order valence-corrected chi connectivity index (χ3v) is 3.38. The summed E-state index contributed by atoms with van der Waals surface area (Å²) in [4.78, 5) is 1.08. The molecule has 1 N–H and O–H groups in total. The van der Waals surface area contributed by atoms with Crippen LogP contribution in [0.4, 0.5) is 14.5 Å². The van der Waals surface area contributed by atoms with Crippen LogP contribution in [-0.4, -0.2) is 12.5 Å². The minimum absolute atomic E-state index is 0.753. The second-order valence-corrected chi connectivity index (χ2v) is 4.74. The van der Waals surface area contributed by atoms with Crippen LogP contribution in [0.15, 0.2) is 41.8 Å². The first-order valence-corrected chi connectivity index (χ1v) is 6.24. The van der Waals surface area contributed by atoms with Crippen LogP contribution in [0.1, 0.15) is 6.92 Å². The van der Waals surface area contributed by atoms with Crippen molar-refractivity contribution in [2.24, 2.45) is 0 Å². The molecule has 2 aromatic rings. The van der Waals surface area contributed by atoms with E-state index in [0.717, 1.165) is 16.1 Å². The SMILES string of the molecule is CC(Nc1ccccc1-c1cccs1)C(F)F. The molecule has 1 atom stereocenters. The molecule has 1 aromatic heterocycles. The van der Waals surface area contributed by atoms with Gasteiger partial charge in [0.05, 0.1) is 6.04 Å². The number of para-hydroxylation sites is 1. The molecule has 17 heavy (non-hydrogen) atoms. The topological polar surface area (TPSA) is 12.0 Å². The Kier molecular flexibility index (Phi) is 3.74. The average Bonchev–Trinajstić information content (AvgIpc) is 2.83. The van der Waals surface area contributed by atoms with E-state index < -0.39 is 12.5 Å². The summed E-state index contributed by atoms with van der Waals surface area (Å²) in [6, 6.07) is 10.6. The van der Waals surface area contributed by atoms with E-state index in [-0.39, 0.29) is 0 Å². The summed E-state index contributed by atoms with van der Waals surface area (Å²) in [7, 11) is 0. The first-order chi connectivity index (χ1) is 8.18. The number of anilines is 1. The maximum Gasteiger partial charge on any atom is 0.258 e. The summed E-state index contributed by atoms with van der Waals surface area (Å²) in [6.07, 6.45) is -2.37. The molecule has 2 rings (SSSR count). The Labute approximate surface area is 103 Å². The molecular weight excluding hydrogens is 240 g/mol. The number of halogens is 2.